The number of nitrogens with zero attached hydrogens (tertiary/aromatic N) is 1. The zero-order valence-corrected chi connectivity index (χ0v) is 8.19. The predicted octanol–water partition coefficient (Wildman–Crippen LogP) is 1.64. The topological polar surface area (TPSA) is 39.2 Å². The molecule has 0 saturated carbocycles. The second-order valence-electron chi connectivity index (χ2n) is 3.66. The molecule has 1 fully saturated rings. The fourth-order valence-electron chi connectivity index (χ4n) is 1.61. The quantitative estimate of drug-likeness (QED) is 0.667. The van der Waals surface area contributed by atoms with Gasteiger partial charge in [-0.1, -0.05) is 6.07 Å². The van der Waals surface area contributed by atoms with Crippen LogP contribution in [0.25, 0.3) is 0 Å². The Hall–Kier alpha value is -1.38. The Bertz CT molecular complexity index is 332. The Morgan fingerprint density at radius 2 is 2.43 bits per heavy atom. The summed E-state index contributed by atoms with van der Waals surface area (Å²) in [7, 11) is 0. The highest BCUT2D eigenvalue weighted by Gasteiger charge is 2.23. The van der Waals surface area contributed by atoms with Crippen LogP contribution in [0.2, 0.25) is 0 Å². The van der Waals surface area contributed by atoms with Crippen molar-refractivity contribution in [2.75, 3.05) is 0 Å². The maximum atomic E-state index is 10.9. The number of esters is 1. The Balaban J connectivity index is 1.97. The first-order chi connectivity index (χ1) is 6.74. The third-order valence-corrected chi connectivity index (χ3v) is 2.40. The highest BCUT2D eigenvalue weighted by atomic mass is 16.5. The molecule has 1 saturated heterocycles. The van der Waals surface area contributed by atoms with Crippen LogP contribution >= 0.6 is 0 Å². The molecule has 14 heavy (non-hydrogen) atoms. The van der Waals surface area contributed by atoms with Gasteiger partial charge in [0.1, 0.15) is 6.10 Å². The third-order valence-electron chi connectivity index (χ3n) is 2.40. The van der Waals surface area contributed by atoms with Crippen LogP contribution < -0.4 is 0 Å². The van der Waals surface area contributed by atoms with Gasteiger partial charge >= 0.3 is 5.97 Å². The lowest BCUT2D eigenvalue weighted by Crippen LogP contribution is -2.10. The van der Waals surface area contributed by atoms with E-state index in [1.54, 1.807) is 0 Å². The molecule has 0 aromatic carbocycles. The van der Waals surface area contributed by atoms with Gasteiger partial charge in [0.05, 0.1) is 0 Å². The van der Waals surface area contributed by atoms with E-state index in [-0.39, 0.29) is 12.1 Å². The van der Waals surface area contributed by atoms with Gasteiger partial charge in [0, 0.05) is 24.7 Å². The minimum absolute atomic E-state index is 0.0620. The van der Waals surface area contributed by atoms with E-state index in [2.05, 4.69) is 4.98 Å². The molecule has 0 aliphatic carbocycles. The Morgan fingerprint density at radius 3 is 3.00 bits per heavy atom. The van der Waals surface area contributed by atoms with Gasteiger partial charge in [-0.15, -0.1) is 0 Å². The first kappa shape index (κ1) is 9.19. The smallest absolute Gasteiger partial charge is 0.306 e. The monoisotopic (exact) mass is 191 g/mol. The van der Waals surface area contributed by atoms with Gasteiger partial charge in [-0.2, -0.15) is 0 Å². The summed E-state index contributed by atoms with van der Waals surface area (Å²) in [5.74, 6) is -0.0740. The number of ether oxygens (including phenoxy) is 1. The largest absolute Gasteiger partial charge is 0.462 e. The first-order valence-electron chi connectivity index (χ1n) is 4.85. The summed E-state index contributed by atoms with van der Waals surface area (Å²) in [4.78, 5) is 15.1. The van der Waals surface area contributed by atoms with E-state index in [4.69, 9.17) is 4.74 Å². The number of hydrogen-bond donors (Lipinski definition) is 0. The molecule has 0 spiro atoms. The number of cyclic esters (lactones) is 1. The van der Waals surface area contributed by atoms with E-state index in [0.717, 1.165) is 24.1 Å². The van der Waals surface area contributed by atoms with Crippen LogP contribution in [-0.4, -0.2) is 17.1 Å². The molecule has 3 nitrogen and oxygen atoms in total. The van der Waals surface area contributed by atoms with E-state index >= 15 is 0 Å². The van der Waals surface area contributed by atoms with Gasteiger partial charge in [0.15, 0.2) is 0 Å². The molecule has 74 valence electrons. The summed E-state index contributed by atoms with van der Waals surface area (Å²) < 4.78 is 5.13. The fraction of sp³-hybridized carbons (Fsp3) is 0.455. The molecule has 1 aliphatic rings. The van der Waals surface area contributed by atoms with Crippen LogP contribution in [0.15, 0.2) is 18.3 Å². The van der Waals surface area contributed by atoms with E-state index in [1.165, 1.54) is 0 Å². The number of carbonyl (C=O) groups excluding carboxylic acids is 1. The highest BCUT2D eigenvalue weighted by Crippen LogP contribution is 2.17. The normalized spacial score (nSPS) is 20.9. The molecular weight excluding hydrogens is 178 g/mol. The van der Waals surface area contributed by atoms with Gasteiger partial charge < -0.3 is 4.74 Å². The number of carbonyl (C=O) groups is 1. The van der Waals surface area contributed by atoms with Crippen molar-refractivity contribution in [3.05, 3.63) is 29.6 Å². The van der Waals surface area contributed by atoms with Crippen molar-refractivity contribution in [3.63, 3.8) is 0 Å². The second kappa shape index (κ2) is 3.78. The molecule has 2 heterocycles. The lowest BCUT2D eigenvalue weighted by molar-refractivity contribution is -0.141. The summed E-state index contributed by atoms with van der Waals surface area (Å²) >= 11 is 0. The molecule has 1 aromatic rings. The first-order valence-corrected chi connectivity index (χ1v) is 4.85. The Kier molecular flexibility index (Phi) is 2.48. The van der Waals surface area contributed by atoms with Gasteiger partial charge in [-0.3, -0.25) is 9.78 Å². The van der Waals surface area contributed by atoms with Gasteiger partial charge in [0.2, 0.25) is 0 Å². The summed E-state index contributed by atoms with van der Waals surface area (Å²) in [6, 6.07) is 4.01. The number of aryl methyl sites for hydroxylation is 1. The SMILES string of the molecule is Cc1ccc(CC2CCC(=O)O2)cn1. The van der Waals surface area contributed by atoms with Crippen molar-refractivity contribution in [1.29, 1.82) is 0 Å². The molecule has 1 aliphatic heterocycles. The number of aromatic nitrogens is 1. The van der Waals surface area contributed by atoms with Crippen molar-refractivity contribution in [3.8, 4) is 0 Å². The number of hydrogen-bond acceptors (Lipinski definition) is 3. The minimum atomic E-state index is -0.0740. The summed E-state index contributed by atoms with van der Waals surface area (Å²) in [6.45, 7) is 1.96. The third kappa shape index (κ3) is 2.10. The average Bonchev–Trinajstić information content (AvgIpc) is 2.56. The van der Waals surface area contributed by atoms with Crippen molar-refractivity contribution < 1.29 is 9.53 Å². The summed E-state index contributed by atoms with van der Waals surface area (Å²) in [6.07, 6.45) is 4.10. The molecule has 1 unspecified atom stereocenters. The summed E-state index contributed by atoms with van der Waals surface area (Å²) in [5, 5.41) is 0. The van der Waals surface area contributed by atoms with Crippen LogP contribution in [0.4, 0.5) is 0 Å². The molecule has 1 atom stereocenters. The Labute approximate surface area is 83.1 Å². The van der Waals surface area contributed by atoms with Gasteiger partial charge in [0.25, 0.3) is 0 Å². The molecule has 0 radical (unpaired) electrons. The van der Waals surface area contributed by atoms with Crippen molar-refractivity contribution in [1.82, 2.24) is 4.98 Å². The van der Waals surface area contributed by atoms with E-state index < -0.39 is 0 Å². The van der Waals surface area contributed by atoms with Crippen LogP contribution in [-0.2, 0) is 16.0 Å². The Morgan fingerprint density at radius 1 is 1.57 bits per heavy atom. The standard InChI is InChI=1S/C11H13NO2/c1-8-2-3-9(7-12-8)6-10-4-5-11(13)14-10/h2-3,7,10H,4-6H2,1H3. The lowest BCUT2D eigenvalue weighted by Gasteiger charge is -2.08. The van der Waals surface area contributed by atoms with E-state index in [9.17, 15) is 4.79 Å². The van der Waals surface area contributed by atoms with Gasteiger partial charge in [-0.25, -0.2) is 0 Å². The summed E-state index contributed by atoms with van der Waals surface area (Å²) in [5.41, 5.74) is 2.15. The molecule has 0 amide bonds. The highest BCUT2D eigenvalue weighted by molar-refractivity contribution is 5.71. The van der Waals surface area contributed by atoms with Crippen LogP contribution in [0.1, 0.15) is 24.1 Å². The molecule has 0 N–H and O–H groups in total. The fourth-order valence-corrected chi connectivity index (χ4v) is 1.61. The zero-order chi connectivity index (χ0) is 9.97. The maximum Gasteiger partial charge on any atom is 0.306 e. The molecular formula is C11H13NO2. The molecule has 1 aromatic heterocycles. The molecule has 0 bridgehead atoms. The number of pyridine rings is 1. The zero-order valence-electron chi connectivity index (χ0n) is 8.19. The van der Waals surface area contributed by atoms with Crippen LogP contribution in [0, 0.1) is 6.92 Å². The molecule has 3 heteroatoms. The minimum Gasteiger partial charge on any atom is -0.462 e. The van der Waals surface area contributed by atoms with Crippen LogP contribution in [0.5, 0.6) is 0 Å². The van der Waals surface area contributed by atoms with Crippen LogP contribution in [0.3, 0.4) is 0 Å². The average molecular weight is 191 g/mol. The van der Waals surface area contributed by atoms with Crippen molar-refractivity contribution in [2.24, 2.45) is 0 Å². The number of rotatable bonds is 2. The second-order valence-corrected chi connectivity index (χ2v) is 3.66. The van der Waals surface area contributed by atoms with Crippen molar-refractivity contribution >= 4 is 5.97 Å². The lowest BCUT2D eigenvalue weighted by atomic mass is 10.1. The van der Waals surface area contributed by atoms with Crippen molar-refractivity contribution in [2.45, 2.75) is 32.3 Å². The van der Waals surface area contributed by atoms with E-state index in [1.807, 2.05) is 25.3 Å². The maximum absolute atomic E-state index is 10.9. The predicted molar refractivity (Wildman–Crippen MR) is 51.8 cm³/mol. The van der Waals surface area contributed by atoms with Gasteiger partial charge in [-0.05, 0) is 25.0 Å². The van der Waals surface area contributed by atoms with E-state index in [0.29, 0.717) is 6.42 Å². The molecule has 2 rings (SSSR count).